The van der Waals surface area contributed by atoms with Crippen LogP contribution in [-0.4, -0.2) is 21.1 Å². The molecule has 0 spiro atoms. The molecule has 1 amide bonds. The standard InChI is InChI=1S/C29H20FN5OS/c30-20-10-8-19(9-11-20)27(18-31)33-29(36)24-6-1-2-7-28(24)37-22-13-14-23-25(34-35-26(23)17-22)15-12-21-5-3-4-16-32-21/h1-17,27H,(H,33,36)(H,34,35)/b15-12+. The van der Waals surface area contributed by atoms with Gasteiger partial charge < -0.3 is 5.32 Å². The summed E-state index contributed by atoms with van der Waals surface area (Å²) in [7, 11) is 0. The zero-order valence-corrected chi connectivity index (χ0v) is 20.2. The van der Waals surface area contributed by atoms with Gasteiger partial charge in [0.2, 0.25) is 0 Å². The lowest BCUT2D eigenvalue weighted by Gasteiger charge is -2.14. The normalized spacial score (nSPS) is 11.9. The number of nitrogens with one attached hydrogen (secondary N) is 2. The van der Waals surface area contributed by atoms with Gasteiger partial charge in [0.05, 0.1) is 28.5 Å². The number of nitrogens with zero attached hydrogens (tertiary/aromatic N) is 3. The summed E-state index contributed by atoms with van der Waals surface area (Å²) in [6.45, 7) is 0. The maximum absolute atomic E-state index is 13.3. The summed E-state index contributed by atoms with van der Waals surface area (Å²) in [5, 5.41) is 20.8. The second-order valence-corrected chi connectivity index (χ2v) is 9.20. The number of amides is 1. The number of fused-ring (bicyclic) bond motifs is 1. The minimum atomic E-state index is -0.898. The van der Waals surface area contributed by atoms with Crippen molar-refractivity contribution in [2.24, 2.45) is 0 Å². The predicted molar refractivity (Wildman–Crippen MR) is 142 cm³/mol. The van der Waals surface area contributed by atoms with Crippen molar-refractivity contribution in [3.8, 4) is 6.07 Å². The summed E-state index contributed by atoms with van der Waals surface area (Å²) in [5.41, 5.74) is 3.48. The fraction of sp³-hybridized carbons (Fsp3) is 0.0345. The number of aromatic nitrogens is 3. The Morgan fingerprint density at radius 3 is 2.62 bits per heavy atom. The summed E-state index contributed by atoms with van der Waals surface area (Å²) >= 11 is 1.44. The highest BCUT2D eigenvalue weighted by atomic mass is 32.2. The third-order valence-corrected chi connectivity index (χ3v) is 6.70. The Hall–Kier alpha value is -4.74. The molecule has 1 unspecified atom stereocenters. The second-order valence-electron chi connectivity index (χ2n) is 8.09. The number of hydrogen-bond donors (Lipinski definition) is 2. The maximum Gasteiger partial charge on any atom is 0.253 e. The Morgan fingerprint density at radius 1 is 1.03 bits per heavy atom. The highest BCUT2D eigenvalue weighted by Crippen LogP contribution is 2.33. The van der Waals surface area contributed by atoms with E-state index in [4.69, 9.17) is 0 Å². The van der Waals surface area contributed by atoms with Gasteiger partial charge in [-0.1, -0.05) is 42.1 Å². The molecule has 37 heavy (non-hydrogen) atoms. The molecule has 0 bridgehead atoms. The molecule has 5 rings (SSSR count). The fourth-order valence-corrected chi connectivity index (χ4v) is 4.76. The first kappa shape index (κ1) is 24.0. The van der Waals surface area contributed by atoms with Crippen LogP contribution >= 0.6 is 11.8 Å². The molecule has 8 heteroatoms. The summed E-state index contributed by atoms with van der Waals surface area (Å²) in [4.78, 5) is 19.0. The SMILES string of the molecule is N#CC(NC(=O)c1ccccc1Sc1ccc2c(/C=C/c3ccccn3)n[nH]c2c1)c1ccc(F)cc1. The Morgan fingerprint density at radius 2 is 1.84 bits per heavy atom. The lowest BCUT2D eigenvalue weighted by Crippen LogP contribution is -2.28. The number of carbonyl (C=O) groups excluding carboxylic acids is 1. The molecule has 2 N–H and O–H groups in total. The van der Waals surface area contributed by atoms with E-state index in [-0.39, 0.29) is 5.91 Å². The van der Waals surface area contributed by atoms with Gasteiger partial charge in [0.1, 0.15) is 11.9 Å². The Bertz CT molecular complexity index is 1620. The van der Waals surface area contributed by atoms with E-state index < -0.39 is 11.9 Å². The molecule has 0 saturated carbocycles. The van der Waals surface area contributed by atoms with E-state index >= 15 is 0 Å². The number of carbonyl (C=O) groups is 1. The van der Waals surface area contributed by atoms with E-state index in [1.54, 1.807) is 18.3 Å². The molecule has 0 aliphatic rings. The van der Waals surface area contributed by atoms with E-state index in [0.717, 1.165) is 32.1 Å². The fourth-order valence-electron chi connectivity index (χ4n) is 3.77. The van der Waals surface area contributed by atoms with Gasteiger partial charge in [0.25, 0.3) is 5.91 Å². The van der Waals surface area contributed by atoms with Crippen LogP contribution in [0.3, 0.4) is 0 Å². The smallest absolute Gasteiger partial charge is 0.253 e. The molecule has 0 radical (unpaired) electrons. The van der Waals surface area contributed by atoms with Crippen LogP contribution in [-0.2, 0) is 0 Å². The van der Waals surface area contributed by atoms with Gasteiger partial charge >= 0.3 is 0 Å². The summed E-state index contributed by atoms with van der Waals surface area (Å²) < 4.78 is 13.3. The van der Waals surface area contributed by atoms with Gasteiger partial charge in [-0.25, -0.2) is 4.39 Å². The molecular weight excluding hydrogens is 485 g/mol. The predicted octanol–water partition coefficient (Wildman–Crippen LogP) is 6.41. The lowest BCUT2D eigenvalue weighted by molar-refractivity contribution is 0.0942. The average molecular weight is 506 g/mol. The van der Waals surface area contributed by atoms with E-state index in [1.807, 2.05) is 60.7 Å². The topological polar surface area (TPSA) is 94.5 Å². The summed E-state index contributed by atoms with van der Waals surface area (Å²) in [6, 6.07) is 25.6. The molecule has 0 aliphatic heterocycles. The molecule has 2 heterocycles. The van der Waals surface area contributed by atoms with Crippen LogP contribution in [0.4, 0.5) is 4.39 Å². The van der Waals surface area contributed by atoms with Gasteiger partial charge in [-0.2, -0.15) is 10.4 Å². The molecular formula is C29H20FN5OS. The zero-order chi connectivity index (χ0) is 25.6. The number of H-pyrrole nitrogens is 1. The maximum atomic E-state index is 13.3. The highest BCUT2D eigenvalue weighted by molar-refractivity contribution is 7.99. The van der Waals surface area contributed by atoms with Gasteiger partial charge in [0, 0.05) is 21.4 Å². The Kier molecular flexibility index (Phi) is 7.06. The molecule has 0 fully saturated rings. The number of benzene rings is 3. The van der Waals surface area contributed by atoms with Crippen molar-refractivity contribution < 1.29 is 9.18 Å². The van der Waals surface area contributed by atoms with Crippen molar-refractivity contribution >= 4 is 40.7 Å². The molecule has 180 valence electrons. The molecule has 2 aromatic heterocycles. The molecule has 0 aliphatic carbocycles. The minimum Gasteiger partial charge on any atom is -0.332 e. The van der Waals surface area contributed by atoms with E-state index in [2.05, 4.69) is 26.6 Å². The summed E-state index contributed by atoms with van der Waals surface area (Å²) in [6.07, 6.45) is 5.57. The van der Waals surface area contributed by atoms with Crippen LogP contribution < -0.4 is 5.32 Å². The first-order valence-electron chi connectivity index (χ1n) is 11.4. The van der Waals surface area contributed by atoms with Crippen molar-refractivity contribution in [2.75, 3.05) is 0 Å². The van der Waals surface area contributed by atoms with Crippen LogP contribution in [0.1, 0.15) is 33.4 Å². The van der Waals surface area contributed by atoms with Crippen LogP contribution in [0, 0.1) is 17.1 Å². The monoisotopic (exact) mass is 505 g/mol. The average Bonchev–Trinajstić information content (AvgIpc) is 3.34. The van der Waals surface area contributed by atoms with Crippen LogP contribution in [0.15, 0.2) is 101 Å². The quantitative estimate of drug-likeness (QED) is 0.266. The first-order chi connectivity index (χ1) is 18.1. The second kappa shape index (κ2) is 10.9. The Balaban J connectivity index is 1.35. The third kappa shape index (κ3) is 5.58. The van der Waals surface area contributed by atoms with Gasteiger partial charge in [-0.05, 0) is 72.3 Å². The molecule has 3 aromatic carbocycles. The van der Waals surface area contributed by atoms with Crippen molar-refractivity contribution in [1.29, 1.82) is 5.26 Å². The number of hydrogen-bond acceptors (Lipinski definition) is 5. The van der Waals surface area contributed by atoms with Crippen LogP contribution in [0.5, 0.6) is 0 Å². The number of aromatic amines is 1. The van der Waals surface area contributed by atoms with E-state index in [1.165, 1.54) is 36.0 Å². The highest BCUT2D eigenvalue weighted by Gasteiger charge is 2.18. The van der Waals surface area contributed by atoms with E-state index in [9.17, 15) is 14.4 Å². The number of pyridine rings is 1. The molecule has 1 atom stereocenters. The van der Waals surface area contributed by atoms with Gasteiger partial charge in [0.15, 0.2) is 0 Å². The number of rotatable bonds is 7. The van der Waals surface area contributed by atoms with Crippen molar-refractivity contribution in [3.05, 3.63) is 119 Å². The van der Waals surface area contributed by atoms with Gasteiger partial charge in [-0.3, -0.25) is 14.9 Å². The first-order valence-corrected chi connectivity index (χ1v) is 12.2. The largest absolute Gasteiger partial charge is 0.332 e. The van der Waals surface area contributed by atoms with Crippen LogP contribution in [0.2, 0.25) is 0 Å². The zero-order valence-electron chi connectivity index (χ0n) is 19.4. The van der Waals surface area contributed by atoms with Crippen molar-refractivity contribution in [1.82, 2.24) is 20.5 Å². The van der Waals surface area contributed by atoms with Crippen molar-refractivity contribution in [2.45, 2.75) is 15.8 Å². The van der Waals surface area contributed by atoms with Crippen molar-refractivity contribution in [3.63, 3.8) is 0 Å². The molecule has 0 saturated heterocycles. The lowest BCUT2D eigenvalue weighted by atomic mass is 10.1. The summed E-state index contributed by atoms with van der Waals surface area (Å²) in [5.74, 6) is -0.789. The van der Waals surface area contributed by atoms with Crippen LogP contribution in [0.25, 0.3) is 23.1 Å². The third-order valence-electron chi connectivity index (χ3n) is 5.63. The number of nitriles is 1. The van der Waals surface area contributed by atoms with Gasteiger partial charge in [-0.15, -0.1) is 0 Å². The molecule has 5 aromatic rings. The Labute approximate surface area is 216 Å². The number of halogens is 1. The van der Waals surface area contributed by atoms with E-state index in [0.29, 0.717) is 11.1 Å². The molecule has 6 nitrogen and oxygen atoms in total. The minimum absolute atomic E-state index is 0.386.